The zero-order chi connectivity index (χ0) is 19.5. The van der Waals surface area contributed by atoms with Gasteiger partial charge < -0.3 is 15.0 Å². The molecule has 0 saturated carbocycles. The van der Waals surface area contributed by atoms with Crippen LogP contribution in [0.4, 0.5) is 15.9 Å². The lowest BCUT2D eigenvalue weighted by atomic mass is 10.2. The quantitative estimate of drug-likeness (QED) is 0.752. The minimum atomic E-state index is -0.321. The minimum absolute atomic E-state index is 0.294. The monoisotopic (exact) mass is 381 g/mol. The van der Waals surface area contributed by atoms with Crippen molar-refractivity contribution in [3.8, 4) is 5.69 Å². The molecule has 7 nitrogen and oxygen atoms in total. The van der Waals surface area contributed by atoms with E-state index in [1.165, 1.54) is 18.3 Å². The lowest BCUT2D eigenvalue weighted by Crippen LogP contribution is -2.36. The molecular formula is C20H20FN5O2. The molecule has 1 aromatic carbocycles. The van der Waals surface area contributed by atoms with Crippen molar-refractivity contribution < 1.29 is 13.9 Å². The number of halogens is 1. The van der Waals surface area contributed by atoms with Crippen LogP contribution in [0.25, 0.3) is 5.69 Å². The number of carbonyl (C=O) groups excluding carboxylic acids is 1. The van der Waals surface area contributed by atoms with Gasteiger partial charge in [0.05, 0.1) is 48.2 Å². The Kier molecular flexibility index (Phi) is 5.03. The van der Waals surface area contributed by atoms with E-state index in [1.54, 1.807) is 36.0 Å². The molecule has 8 heteroatoms. The van der Waals surface area contributed by atoms with E-state index in [1.807, 2.05) is 6.07 Å². The van der Waals surface area contributed by atoms with E-state index in [0.717, 1.165) is 18.8 Å². The summed E-state index contributed by atoms with van der Waals surface area (Å²) in [5.74, 6) is -0.147. The number of benzene rings is 1. The zero-order valence-corrected chi connectivity index (χ0v) is 15.4. The second-order valence-corrected chi connectivity index (χ2v) is 6.49. The number of aromatic nitrogens is 3. The molecule has 1 aliphatic heterocycles. The number of nitrogens with zero attached hydrogens (tertiary/aromatic N) is 4. The van der Waals surface area contributed by atoms with Crippen LogP contribution in [0.2, 0.25) is 0 Å². The summed E-state index contributed by atoms with van der Waals surface area (Å²) in [5, 5.41) is 7.04. The summed E-state index contributed by atoms with van der Waals surface area (Å²) >= 11 is 0. The second-order valence-electron chi connectivity index (χ2n) is 6.49. The Hall–Kier alpha value is -3.26. The molecule has 2 aromatic heterocycles. The SMILES string of the molecule is Cc1c(C(=O)Nc2ccc(N3CCOCC3)cn2)cnn1-c1ccc(F)cc1. The number of hydrogen-bond donors (Lipinski definition) is 1. The van der Waals surface area contributed by atoms with Gasteiger partial charge in [0.25, 0.3) is 5.91 Å². The average molecular weight is 381 g/mol. The standard InChI is InChI=1S/C20H20FN5O2/c1-14-18(13-23-26(14)16-4-2-15(21)3-5-16)20(27)24-19-7-6-17(12-22-19)25-8-10-28-11-9-25/h2-7,12-13H,8-11H2,1H3,(H,22,24,27). The summed E-state index contributed by atoms with van der Waals surface area (Å²) in [7, 11) is 0. The van der Waals surface area contributed by atoms with Crippen LogP contribution < -0.4 is 10.2 Å². The molecule has 0 radical (unpaired) electrons. The van der Waals surface area contributed by atoms with Crippen LogP contribution in [-0.2, 0) is 4.74 Å². The number of morpholine rings is 1. The van der Waals surface area contributed by atoms with Gasteiger partial charge in [-0.3, -0.25) is 4.79 Å². The predicted octanol–water partition coefficient (Wildman–Crippen LogP) is 2.80. The third kappa shape index (κ3) is 3.72. The molecule has 0 unspecified atom stereocenters. The van der Waals surface area contributed by atoms with Crippen molar-refractivity contribution in [2.45, 2.75) is 6.92 Å². The first-order chi connectivity index (χ1) is 13.6. The molecule has 0 aliphatic carbocycles. The van der Waals surface area contributed by atoms with Crippen LogP contribution in [0, 0.1) is 12.7 Å². The number of pyridine rings is 1. The number of carbonyl (C=O) groups is 1. The highest BCUT2D eigenvalue weighted by Gasteiger charge is 2.16. The van der Waals surface area contributed by atoms with Gasteiger partial charge >= 0.3 is 0 Å². The van der Waals surface area contributed by atoms with Crippen molar-refractivity contribution in [3.05, 3.63) is 65.9 Å². The summed E-state index contributed by atoms with van der Waals surface area (Å²) in [6.45, 7) is 4.86. The third-order valence-electron chi connectivity index (χ3n) is 4.69. The number of nitrogens with one attached hydrogen (secondary N) is 1. The van der Waals surface area contributed by atoms with Gasteiger partial charge in [0.2, 0.25) is 0 Å². The van der Waals surface area contributed by atoms with E-state index in [9.17, 15) is 9.18 Å². The first-order valence-electron chi connectivity index (χ1n) is 9.02. The van der Waals surface area contributed by atoms with Crippen molar-refractivity contribution >= 4 is 17.4 Å². The predicted molar refractivity (Wildman–Crippen MR) is 103 cm³/mol. The lowest BCUT2D eigenvalue weighted by molar-refractivity contribution is 0.102. The molecule has 144 valence electrons. The van der Waals surface area contributed by atoms with Gasteiger partial charge in [-0.25, -0.2) is 14.1 Å². The smallest absolute Gasteiger partial charge is 0.260 e. The summed E-state index contributed by atoms with van der Waals surface area (Å²) < 4.78 is 20.1. The number of anilines is 2. The molecule has 28 heavy (non-hydrogen) atoms. The van der Waals surface area contributed by atoms with Crippen LogP contribution >= 0.6 is 0 Å². The summed E-state index contributed by atoms with van der Waals surface area (Å²) in [4.78, 5) is 19.2. The van der Waals surface area contributed by atoms with Gasteiger partial charge in [-0.1, -0.05) is 0 Å². The van der Waals surface area contributed by atoms with Crippen molar-refractivity contribution in [2.24, 2.45) is 0 Å². The number of rotatable bonds is 4. The molecule has 1 amide bonds. The van der Waals surface area contributed by atoms with Gasteiger partial charge in [-0.05, 0) is 43.3 Å². The van der Waals surface area contributed by atoms with Crippen LogP contribution in [-0.4, -0.2) is 47.0 Å². The largest absolute Gasteiger partial charge is 0.378 e. The summed E-state index contributed by atoms with van der Waals surface area (Å²) in [6, 6.07) is 9.66. The molecule has 3 aromatic rings. The van der Waals surface area contributed by atoms with Crippen molar-refractivity contribution in [1.29, 1.82) is 0 Å². The van der Waals surface area contributed by atoms with Crippen LogP contribution in [0.5, 0.6) is 0 Å². The molecule has 1 aliphatic rings. The Labute approximate surface area is 161 Å². The van der Waals surface area contributed by atoms with Crippen molar-refractivity contribution in [2.75, 3.05) is 36.5 Å². The Morgan fingerprint density at radius 1 is 1.07 bits per heavy atom. The average Bonchev–Trinajstić information content (AvgIpc) is 3.11. The van der Waals surface area contributed by atoms with E-state index in [-0.39, 0.29) is 11.7 Å². The van der Waals surface area contributed by atoms with Gasteiger partial charge in [0.15, 0.2) is 0 Å². The maximum atomic E-state index is 13.1. The van der Waals surface area contributed by atoms with Gasteiger partial charge in [-0.15, -0.1) is 0 Å². The molecule has 1 fully saturated rings. The molecular weight excluding hydrogens is 361 g/mol. The van der Waals surface area contributed by atoms with Crippen molar-refractivity contribution in [1.82, 2.24) is 14.8 Å². The Bertz CT molecular complexity index is 963. The zero-order valence-electron chi connectivity index (χ0n) is 15.4. The van der Waals surface area contributed by atoms with E-state index in [2.05, 4.69) is 20.3 Å². The van der Waals surface area contributed by atoms with E-state index < -0.39 is 0 Å². The first kappa shape index (κ1) is 18.1. The maximum Gasteiger partial charge on any atom is 0.260 e. The molecule has 0 bridgehead atoms. The van der Waals surface area contributed by atoms with Crippen LogP contribution in [0.3, 0.4) is 0 Å². The molecule has 4 rings (SSSR count). The number of hydrogen-bond acceptors (Lipinski definition) is 5. The third-order valence-corrected chi connectivity index (χ3v) is 4.69. The molecule has 0 atom stereocenters. The fourth-order valence-corrected chi connectivity index (χ4v) is 3.13. The normalized spacial score (nSPS) is 14.1. The highest BCUT2D eigenvalue weighted by Crippen LogP contribution is 2.19. The number of amides is 1. The Morgan fingerprint density at radius 2 is 1.79 bits per heavy atom. The van der Waals surface area contributed by atoms with Crippen LogP contribution in [0.15, 0.2) is 48.8 Å². The minimum Gasteiger partial charge on any atom is -0.378 e. The van der Waals surface area contributed by atoms with Crippen LogP contribution in [0.1, 0.15) is 16.1 Å². The van der Waals surface area contributed by atoms with Gasteiger partial charge in [0.1, 0.15) is 11.6 Å². The topological polar surface area (TPSA) is 72.3 Å². The first-order valence-corrected chi connectivity index (χ1v) is 9.02. The van der Waals surface area contributed by atoms with Gasteiger partial charge in [-0.2, -0.15) is 5.10 Å². The highest BCUT2D eigenvalue weighted by molar-refractivity contribution is 6.04. The maximum absolute atomic E-state index is 13.1. The molecule has 3 heterocycles. The Morgan fingerprint density at radius 3 is 2.46 bits per heavy atom. The number of ether oxygens (including phenoxy) is 1. The lowest BCUT2D eigenvalue weighted by Gasteiger charge is -2.28. The Balaban J connectivity index is 1.47. The molecule has 1 N–H and O–H groups in total. The highest BCUT2D eigenvalue weighted by atomic mass is 19.1. The fourth-order valence-electron chi connectivity index (χ4n) is 3.13. The van der Waals surface area contributed by atoms with E-state index in [4.69, 9.17) is 4.74 Å². The molecule has 0 spiro atoms. The van der Waals surface area contributed by atoms with E-state index >= 15 is 0 Å². The summed E-state index contributed by atoms with van der Waals surface area (Å²) in [6.07, 6.45) is 3.24. The van der Waals surface area contributed by atoms with E-state index in [0.29, 0.717) is 36.0 Å². The van der Waals surface area contributed by atoms with Gasteiger partial charge in [0, 0.05) is 13.1 Å². The fraction of sp³-hybridized carbons (Fsp3) is 0.250. The van der Waals surface area contributed by atoms with Crippen molar-refractivity contribution in [3.63, 3.8) is 0 Å². The molecule has 1 saturated heterocycles. The summed E-state index contributed by atoms with van der Waals surface area (Å²) in [5.41, 5.74) is 2.78. The second kappa shape index (κ2) is 7.77.